The molecule has 1 rings (SSSR count). The summed E-state index contributed by atoms with van der Waals surface area (Å²) in [5.41, 5.74) is 0.656. The zero-order valence-electron chi connectivity index (χ0n) is 9.20. The first-order valence-corrected chi connectivity index (χ1v) is 4.92. The van der Waals surface area contributed by atoms with Crippen molar-refractivity contribution in [1.29, 1.82) is 0 Å². The average molecular weight is 193 g/mol. The van der Waals surface area contributed by atoms with Crippen molar-refractivity contribution in [2.45, 2.75) is 26.0 Å². The lowest BCUT2D eigenvalue weighted by Crippen LogP contribution is -2.35. The van der Waals surface area contributed by atoms with E-state index < -0.39 is 5.60 Å². The van der Waals surface area contributed by atoms with Crippen molar-refractivity contribution < 1.29 is 5.11 Å². The molecule has 0 aromatic heterocycles. The van der Waals surface area contributed by atoms with Crippen LogP contribution in [0.15, 0.2) is 30.3 Å². The van der Waals surface area contributed by atoms with Crippen LogP contribution in [0.5, 0.6) is 0 Å². The van der Waals surface area contributed by atoms with Gasteiger partial charge >= 0.3 is 0 Å². The Morgan fingerprint density at radius 2 is 1.79 bits per heavy atom. The SMILES string of the molecule is CN(Cc1ccccc1)CC(C)(C)O. The van der Waals surface area contributed by atoms with Gasteiger partial charge in [0.15, 0.2) is 0 Å². The van der Waals surface area contributed by atoms with Crippen LogP contribution >= 0.6 is 0 Å². The van der Waals surface area contributed by atoms with Crippen LogP contribution in [-0.4, -0.2) is 29.2 Å². The van der Waals surface area contributed by atoms with Crippen molar-refractivity contribution >= 4 is 0 Å². The number of hydrogen-bond donors (Lipinski definition) is 1. The Hall–Kier alpha value is -0.860. The standard InChI is InChI=1S/C12H19NO/c1-12(2,14)10-13(3)9-11-7-5-4-6-8-11/h4-8,14H,9-10H2,1-3H3. The van der Waals surface area contributed by atoms with Crippen LogP contribution in [-0.2, 0) is 6.54 Å². The maximum absolute atomic E-state index is 9.62. The van der Waals surface area contributed by atoms with E-state index in [4.69, 9.17) is 0 Å². The van der Waals surface area contributed by atoms with Gasteiger partial charge in [-0.05, 0) is 26.5 Å². The number of aliphatic hydroxyl groups is 1. The Morgan fingerprint density at radius 3 is 2.29 bits per heavy atom. The second-order valence-corrected chi connectivity index (χ2v) is 4.47. The lowest BCUT2D eigenvalue weighted by molar-refractivity contribution is 0.0425. The highest BCUT2D eigenvalue weighted by Crippen LogP contribution is 2.07. The van der Waals surface area contributed by atoms with E-state index in [-0.39, 0.29) is 0 Å². The molecule has 2 nitrogen and oxygen atoms in total. The van der Waals surface area contributed by atoms with Crippen LogP contribution in [0, 0.1) is 0 Å². The Labute approximate surface area is 86.2 Å². The number of hydrogen-bond acceptors (Lipinski definition) is 2. The van der Waals surface area contributed by atoms with E-state index in [1.54, 1.807) is 0 Å². The van der Waals surface area contributed by atoms with Gasteiger partial charge < -0.3 is 5.11 Å². The van der Waals surface area contributed by atoms with Crippen LogP contribution in [0.1, 0.15) is 19.4 Å². The smallest absolute Gasteiger partial charge is 0.0718 e. The highest BCUT2D eigenvalue weighted by Gasteiger charge is 2.15. The van der Waals surface area contributed by atoms with E-state index in [0.29, 0.717) is 6.54 Å². The van der Waals surface area contributed by atoms with Crippen LogP contribution in [0.25, 0.3) is 0 Å². The van der Waals surface area contributed by atoms with Gasteiger partial charge in [0.25, 0.3) is 0 Å². The minimum absolute atomic E-state index is 0.621. The molecule has 1 N–H and O–H groups in total. The third-order valence-electron chi connectivity index (χ3n) is 1.95. The van der Waals surface area contributed by atoms with E-state index in [9.17, 15) is 5.11 Å². The number of rotatable bonds is 4. The predicted molar refractivity (Wildman–Crippen MR) is 59.1 cm³/mol. The zero-order valence-corrected chi connectivity index (χ0v) is 9.20. The summed E-state index contributed by atoms with van der Waals surface area (Å²) in [6.45, 7) is 5.22. The molecule has 14 heavy (non-hydrogen) atoms. The minimum atomic E-state index is -0.621. The molecular weight excluding hydrogens is 174 g/mol. The molecule has 1 aromatic rings. The first-order chi connectivity index (χ1) is 6.47. The Balaban J connectivity index is 2.46. The quantitative estimate of drug-likeness (QED) is 0.789. The molecule has 0 amide bonds. The second kappa shape index (κ2) is 4.58. The van der Waals surface area contributed by atoms with Gasteiger partial charge in [0, 0.05) is 13.1 Å². The summed E-state index contributed by atoms with van der Waals surface area (Å²) in [5, 5.41) is 9.62. The average Bonchev–Trinajstić information content (AvgIpc) is 2.02. The molecule has 0 aliphatic rings. The molecule has 0 atom stereocenters. The van der Waals surface area contributed by atoms with Crippen molar-refractivity contribution in [1.82, 2.24) is 4.90 Å². The molecule has 0 spiro atoms. The Bertz CT molecular complexity index is 263. The van der Waals surface area contributed by atoms with Gasteiger partial charge in [-0.15, -0.1) is 0 Å². The largest absolute Gasteiger partial charge is 0.389 e. The predicted octanol–water partition coefficient (Wildman–Crippen LogP) is 1.89. The van der Waals surface area contributed by atoms with Gasteiger partial charge in [0.05, 0.1) is 5.60 Å². The van der Waals surface area contributed by atoms with Gasteiger partial charge in [-0.3, -0.25) is 4.90 Å². The van der Waals surface area contributed by atoms with Crippen molar-refractivity contribution in [3.05, 3.63) is 35.9 Å². The van der Waals surface area contributed by atoms with E-state index in [0.717, 1.165) is 6.54 Å². The fraction of sp³-hybridized carbons (Fsp3) is 0.500. The van der Waals surface area contributed by atoms with Crippen LogP contribution in [0.4, 0.5) is 0 Å². The van der Waals surface area contributed by atoms with Gasteiger partial charge in [-0.2, -0.15) is 0 Å². The van der Waals surface area contributed by atoms with Gasteiger partial charge in [-0.1, -0.05) is 30.3 Å². The summed E-state index contributed by atoms with van der Waals surface area (Å²) in [5.74, 6) is 0. The number of benzene rings is 1. The molecule has 78 valence electrons. The third-order valence-corrected chi connectivity index (χ3v) is 1.95. The van der Waals surface area contributed by atoms with Gasteiger partial charge in [-0.25, -0.2) is 0 Å². The normalized spacial score (nSPS) is 12.1. The lowest BCUT2D eigenvalue weighted by Gasteiger charge is -2.25. The summed E-state index contributed by atoms with van der Waals surface area (Å²) < 4.78 is 0. The summed E-state index contributed by atoms with van der Waals surface area (Å²) in [7, 11) is 2.02. The minimum Gasteiger partial charge on any atom is -0.389 e. The fourth-order valence-corrected chi connectivity index (χ4v) is 1.61. The zero-order chi connectivity index (χ0) is 10.6. The fourth-order valence-electron chi connectivity index (χ4n) is 1.61. The Morgan fingerprint density at radius 1 is 1.21 bits per heavy atom. The van der Waals surface area contributed by atoms with Gasteiger partial charge in [0.1, 0.15) is 0 Å². The molecule has 0 bridgehead atoms. The van der Waals surface area contributed by atoms with Crippen molar-refractivity contribution in [2.24, 2.45) is 0 Å². The molecular formula is C12H19NO. The molecule has 1 aromatic carbocycles. The summed E-state index contributed by atoms with van der Waals surface area (Å²) >= 11 is 0. The lowest BCUT2D eigenvalue weighted by atomic mass is 10.1. The molecule has 0 radical (unpaired) electrons. The maximum atomic E-state index is 9.62. The number of nitrogens with zero attached hydrogens (tertiary/aromatic N) is 1. The molecule has 0 fully saturated rings. The van der Waals surface area contributed by atoms with Crippen molar-refractivity contribution in [3.8, 4) is 0 Å². The Kier molecular flexibility index (Phi) is 3.67. The summed E-state index contributed by atoms with van der Waals surface area (Å²) in [6.07, 6.45) is 0. The highest BCUT2D eigenvalue weighted by atomic mass is 16.3. The molecule has 0 aliphatic carbocycles. The van der Waals surface area contributed by atoms with E-state index in [1.807, 2.05) is 39.1 Å². The molecule has 0 saturated carbocycles. The first-order valence-electron chi connectivity index (χ1n) is 4.92. The molecule has 2 heteroatoms. The van der Waals surface area contributed by atoms with Crippen molar-refractivity contribution in [2.75, 3.05) is 13.6 Å². The summed E-state index contributed by atoms with van der Waals surface area (Å²) in [4.78, 5) is 2.12. The molecule has 0 heterocycles. The molecule has 0 aliphatic heterocycles. The van der Waals surface area contributed by atoms with E-state index in [2.05, 4.69) is 17.0 Å². The van der Waals surface area contributed by atoms with Crippen LogP contribution in [0.3, 0.4) is 0 Å². The topological polar surface area (TPSA) is 23.5 Å². The molecule has 0 saturated heterocycles. The highest BCUT2D eigenvalue weighted by molar-refractivity contribution is 5.14. The second-order valence-electron chi connectivity index (χ2n) is 4.47. The van der Waals surface area contributed by atoms with Crippen LogP contribution < -0.4 is 0 Å². The monoisotopic (exact) mass is 193 g/mol. The van der Waals surface area contributed by atoms with Crippen LogP contribution in [0.2, 0.25) is 0 Å². The van der Waals surface area contributed by atoms with E-state index >= 15 is 0 Å². The van der Waals surface area contributed by atoms with Gasteiger partial charge in [0.2, 0.25) is 0 Å². The molecule has 0 unspecified atom stereocenters. The maximum Gasteiger partial charge on any atom is 0.0718 e. The first kappa shape index (κ1) is 11.2. The van der Waals surface area contributed by atoms with E-state index in [1.165, 1.54) is 5.56 Å². The summed E-state index contributed by atoms with van der Waals surface area (Å²) in [6, 6.07) is 10.3. The van der Waals surface area contributed by atoms with Crippen molar-refractivity contribution in [3.63, 3.8) is 0 Å². The third kappa shape index (κ3) is 4.40. The number of likely N-dealkylation sites (N-methyl/N-ethyl adjacent to an activating group) is 1.